The lowest BCUT2D eigenvalue weighted by Crippen LogP contribution is -2.36. The van der Waals surface area contributed by atoms with Crippen molar-refractivity contribution in [3.63, 3.8) is 0 Å². The standard InChI is InChI=1S/C15H22N2O3/c1-19-9-7-17-15(18)11-16-6-4-12-2-3-14-13(10-12)5-8-20-14/h2-3,10,16H,4-9,11H2,1H3,(H,17,18). The van der Waals surface area contributed by atoms with E-state index in [1.807, 2.05) is 6.07 Å². The Balaban J connectivity index is 1.62. The maximum Gasteiger partial charge on any atom is 0.234 e. The summed E-state index contributed by atoms with van der Waals surface area (Å²) in [5, 5.41) is 5.92. The van der Waals surface area contributed by atoms with Crippen LogP contribution in [0.1, 0.15) is 11.1 Å². The van der Waals surface area contributed by atoms with E-state index in [9.17, 15) is 4.79 Å². The molecule has 1 aromatic carbocycles. The fourth-order valence-electron chi connectivity index (χ4n) is 2.19. The van der Waals surface area contributed by atoms with Gasteiger partial charge in [0.05, 0.1) is 19.8 Å². The molecule has 0 aliphatic carbocycles. The Hall–Kier alpha value is -1.59. The lowest BCUT2D eigenvalue weighted by molar-refractivity contribution is -0.120. The Kier molecular flexibility index (Phi) is 5.83. The zero-order valence-electron chi connectivity index (χ0n) is 11.9. The highest BCUT2D eigenvalue weighted by Gasteiger charge is 2.11. The van der Waals surface area contributed by atoms with Gasteiger partial charge in [0.1, 0.15) is 5.75 Å². The van der Waals surface area contributed by atoms with Gasteiger partial charge < -0.3 is 20.1 Å². The zero-order chi connectivity index (χ0) is 14.2. The van der Waals surface area contributed by atoms with Crippen LogP contribution in [0.2, 0.25) is 0 Å². The van der Waals surface area contributed by atoms with E-state index in [1.54, 1.807) is 7.11 Å². The molecule has 0 saturated heterocycles. The van der Waals surface area contributed by atoms with Crippen molar-refractivity contribution in [1.82, 2.24) is 10.6 Å². The van der Waals surface area contributed by atoms with Gasteiger partial charge in [0.25, 0.3) is 0 Å². The zero-order valence-corrected chi connectivity index (χ0v) is 11.9. The summed E-state index contributed by atoms with van der Waals surface area (Å²) in [7, 11) is 1.62. The maximum atomic E-state index is 11.4. The molecule has 0 spiro atoms. The maximum absolute atomic E-state index is 11.4. The van der Waals surface area contributed by atoms with Crippen molar-refractivity contribution in [3.05, 3.63) is 29.3 Å². The van der Waals surface area contributed by atoms with E-state index in [0.717, 1.165) is 31.7 Å². The Bertz CT molecular complexity index is 449. The third-order valence-corrected chi connectivity index (χ3v) is 3.26. The molecule has 1 aliphatic heterocycles. The van der Waals surface area contributed by atoms with Gasteiger partial charge in [-0.2, -0.15) is 0 Å². The number of ether oxygens (including phenoxy) is 2. The van der Waals surface area contributed by atoms with E-state index in [1.165, 1.54) is 11.1 Å². The quantitative estimate of drug-likeness (QED) is 0.681. The average molecular weight is 278 g/mol. The molecule has 20 heavy (non-hydrogen) atoms. The first kappa shape index (κ1) is 14.8. The van der Waals surface area contributed by atoms with E-state index < -0.39 is 0 Å². The highest BCUT2D eigenvalue weighted by Crippen LogP contribution is 2.25. The van der Waals surface area contributed by atoms with Crippen LogP contribution in [0.3, 0.4) is 0 Å². The minimum atomic E-state index is 0.00408. The van der Waals surface area contributed by atoms with E-state index in [2.05, 4.69) is 22.8 Å². The number of fused-ring (bicyclic) bond motifs is 1. The van der Waals surface area contributed by atoms with E-state index in [4.69, 9.17) is 9.47 Å². The summed E-state index contributed by atoms with van der Waals surface area (Å²) in [6.07, 6.45) is 1.91. The number of nitrogens with one attached hydrogen (secondary N) is 2. The summed E-state index contributed by atoms with van der Waals surface area (Å²) in [4.78, 5) is 11.4. The van der Waals surface area contributed by atoms with Crippen molar-refractivity contribution < 1.29 is 14.3 Å². The van der Waals surface area contributed by atoms with Crippen molar-refractivity contribution in [2.75, 3.05) is 40.0 Å². The van der Waals surface area contributed by atoms with Crippen LogP contribution in [-0.4, -0.2) is 45.9 Å². The second-order valence-corrected chi connectivity index (χ2v) is 4.81. The number of carbonyl (C=O) groups is 1. The van der Waals surface area contributed by atoms with Crippen molar-refractivity contribution in [1.29, 1.82) is 0 Å². The Morgan fingerprint density at radius 3 is 3.15 bits per heavy atom. The molecule has 0 aromatic heterocycles. The summed E-state index contributed by atoms with van der Waals surface area (Å²) in [5.74, 6) is 1.02. The van der Waals surface area contributed by atoms with Gasteiger partial charge in [0.15, 0.2) is 0 Å². The molecule has 0 unspecified atom stereocenters. The highest BCUT2D eigenvalue weighted by atomic mass is 16.5. The third kappa shape index (κ3) is 4.51. The van der Waals surface area contributed by atoms with Gasteiger partial charge in [0.2, 0.25) is 5.91 Å². The van der Waals surface area contributed by atoms with E-state index >= 15 is 0 Å². The molecule has 5 nitrogen and oxygen atoms in total. The number of hydrogen-bond donors (Lipinski definition) is 2. The second kappa shape index (κ2) is 7.87. The molecular weight excluding hydrogens is 256 g/mol. The van der Waals surface area contributed by atoms with Crippen molar-refractivity contribution in [3.8, 4) is 5.75 Å². The van der Waals surface area contributed by atoms with Gasteiger partial charge in [-0.05, 0) is 30.2 Å². The third-order valence-electron chi connectivity index (χ3n) is 3.26. The number of hydrogen-bond acceptors (Lipinski definition) is 4. The summed E-state index contributed by atoms with van der Waals surface area (Å²) in [6.45, 7) is 3.03. The van der Waals surface area contributed by atoms with Crippen LogP contribution in [0, 0.1) is 0 Å². The highest BCUT2D eigenvalue weighted by molar-refractivity contribution is 5.77. The van der Waals surface area contributed by atoms with Gasteiger partial charge in [-0.3, -0.25) is 4.79 Å². The van der Waals surface area contributed by atoms with Crippen molar-refractivity contribution in [2.45, 2.75) is 12.8 Å². The predicted octanol–water partition coefficient (Wildman–Crippen LogP) is 0.516. The largest absolute Gasteiger partial charge is 0.493 e. The lowest BCUT2D eigenvalue weighted by Gasteiger charge is -2.07. The molecule has 110 valence electrons. The van der Waals surface area contributed by atoms with Crippen LogP contribution < -0.4 is 15.4 Å². The van der Waals surface area contributed by atoms with Gasteiger partial charge in [-0.25, -0.2) is 0 Å². The van der Waals surface area contributed by atoms with Gasteiger partial charge in [0, 0.05) is 20.1 Å². The molecule has 0 atom stereocenters. The van der Waals surface area contributed by atoms with Gasteiger partial charge in [-0.1, -0.05) is 12.1 Å². The minimum Gasteiger partial charge on any atom is -0.493 e. The molecule has 2 N–H and O–H groups in total. The molecule has 1 aromatic rings. The molecular formula is C15H22N2O3. The summed E-state index contributed by atoms with van der Waals surface area (Å²) < 4.78 is 10.3. The monoisotopic (exact) mass is 278 g/mol. The van der Waals surface area contributed by atoms with Crippen LogP contribution in [-0.2, 0) is 22.4 Å². The lowest BCUT2D eigenvalue weighted by atomic mass is 10.1. The topological polar surface area (TPSA) is 59.6 Å². The van der Waals surface area contributed by atoms with Gasteiger partial charge in [-0.15, -0.1) is 0 Å². The summed E-state index contributed by atoms with van der Waals surface area (Å²) in [5.41, 5.74) is 2.57. The van der Waals surface area contributed by atoms with Crippen LogP contribution in [0.4, 0.5) is 0 Å². The second-order valence-electron chi connectivity index (χ2n) is 4.81. The average Bonchev–Trinajstić information content (AvgIpc) is 2.91. The first-order chi connectivity index (χ1) is 9.79. The molecule has 0 radical (unpaired) electrons. The fraction of sp³-hybridized carbons (Fsp3) is 0.533. The molecule has 0 bridgehead atoms. The molecule has 2 rings (SSSR count). The number of methoxy groups -OCH3 is 1. The fourth-order valence-corrected chi connectivity index (χ4v) is 2.19. The number of carbonyl (C=O) groups excluding carboxylic acids is 1. The molecule has 1 amide bonds. The minimum absolute atomic E-state index is 0.00408. The molecule has 1 aliphatic rings. The molecule has 1 heterocycles. The normalized spacial score (nSPS) is 12.8. The van der Waals surface area contributed by atoms with Gasteiger partial charge >= 0.3 is 0 Å². The molecule has 0 fully saturated rings. The van der Waals surface area contributed by atoms with E-state index in [-0.39, 0.29) is 5.91 Å². The number of amides is 1. The van der Waals surface area contributed by atoms with Crippen LogP contribution in [0.5, 0.6) is 5.75 Å². The first-order valence-electron chi connectivity index (χ1n) is 7.00. The predicted molar refractivity (Wildman–Crippen MR) is 77.1 cm³/mol. The smallest absolute Gasteiger partial charge is 0.234 e. The Morgan fingerprint density at radius 2 is 2.30 bits per heavy atom. The number of benzene rings is 1. The Labute approximate surface area is 119 Å². The number of rotatable bonds is 8. The summed E-state index contributed by atoms with van der Waals surface area (Å²) >= 11 is 0. The van der Waals surface area contributed by atoms with Crippen molar-refractivity contribution >= 4 is 5.91 Å². The van der Waals surface area contributed by atoms with E-state index in [0.29, 0.717) is 19.7 Å². The van der Waals surface area contributed by atoms with Crippen LogP contribution in [0.15, 0.2) is 18.2 Å². The first-order valence-corrected chi connectivity index (χ1v) is 7.00. The van der Waals surface area contributed by atoms with Crippen LogP contribution >= 0.6 is 0 Å². The molecule has 0 saturated carbocycles. The van der Waals surface area contributed by atoms with Crippen molar-refractivity contribution in [2.24, 2.45) is 0 Å². The molecule has 5 heteroatoms. The Morgan fingerprint density at radius 1 is 1.40 bits per heavy atom. The summed E-state index contributed by atoms with van der Waals surface area (Å²) in [6, 6.07) is 6.32. The SMILES string of the molecule is COCCNC(=O)CNCCc1ccc2c(c1)CCO2. The van der Waals surface area contributed by atoms with Crippen LogP contribution in [0.25, 0.3) is 0 Å².